The first-order valence-corrected chi connectivity index (χ1v) is 8.53. The molecule has 22 heavy (non-hydrogen) atoms. The molecule has 0 aliphatic carbocycles. The Morgan fingerprint density at radius 2 is 1.77 bits per heavy atom. The predicted octanol–water partition coefficient (Wildman–Crippen LogP) is 3.60. The van der Waals surface area contributed by atoms with Crippen molar-refractivity contribution in [3.63, 3.8) is 0 Å². The number of rotatable bonds is 3. The van der Waals surface area contributed by atoms with E-state index in [4.69, 9.17) is 0 Å². The van der Waals surface area contributed by atoms with Crippen molar-refractivity contribution in [2.45, 2.75) is 29.6 Å². The third-order valence-corrected chi connectivity index (χ3v) is 5.58. The Morgan fingerprint density at radius 1 is 1.09 bits per heavy atom. The van der Waals surface area contributed by atoms with Crippen LogP contribution in [0.5, 0.6) is 5.75 Å². The number of pyridine rings is 1. The topological polar surface area (TPSA) is 58.8 Å². The number of benzene rings is 1. The minimum Gasteiger partial charge on any atom is -0.508 e. The molecule has 0 unspecified atom stereocenters. The van der Waals surface area contributed by atoms with E-state index in [9.17, 15) is 13.5 Å². The molecular weight excluding hydrogens is 300 g/mol. The molecule has 0 spiro atoms. The average molecular weight is 317 g/mol. The fourth-order valence-electron chi connectivity index (χ4n) is 2.56. The second-order valence-electron chi connectivity index (χ2n) is 5.56. The predicted molar refractivity (Wildman–Crippen MR) is 85.0 cm³/mol. The molecule has 4 nitrogen and oxygen atoms in total. The van der Waals surface area contributed by atoms with Gasteiger partial charge in [0.15, 0.2) is 0 Å². The Bertz CT molecular complexity index is 922. The third kappa shape index (κ3) is 2.27. The Kier molecular flexibility index (Phi) is 3.45. The summed E-state index contributed by atoms with van der Waals surface area (Å²) in [6.07, 6.45) is 3.71. The summed E-state index contributed by atoms with van der Waals surface area (Å²) >= 11 is 0. The quantitative estimate of drug-likeness (QED) is 0.803. The van der Waals surface area contributed by atoms with Crippen LogP contribution in [0.1, 0.15) is 25.3 Å². The molecule has 1 N–H and O–H groups in total. The highest BCUT2D eigenvalue weighted by atomic mass is 32.2. The highest BCUT2D eigenvalue weighted by Gasteiger charge is 2.26. The highest BCUT2D eigenvalue weighted by Crippen LogP contribution is 2.34. The maximum absolute atomic E-state index is 13.1. The van der Waals surface area contributed by atoms with E-state index in [2.05, 4.69) is 0 Å². The van der Waals surface area contributed by atoms with Crippen molar-refractivity contribution in [3.05, 3.63) is 60.4 Å². The molecule has 0 fully saturated rings. The van der Waals surface area contributed by atoms with E-state index in [1.54, 1.807) is 6.07 Å². The second kappa shape index (κ2) is 5.18. The molecule has 2 heterocycles. The Morgan fingerprint density at radius 3 is 2.41 bits per heavy atom. The van der Waals surface area contributed by atoms with Gasteiger partial charge in [0, 0.05) is 12.4 Å². The van der Waals surface area contributed by atoms with Crippen LogP contribution >= 0.6 is 0 Å². The molecule has 0 aliphatic rings. The van der Waals surface area contributed by atoms with Gasteiger partial charge in [-0.25, -0.2) is 8.42 Å². The molecular formula is C17H17NO3S. The van der Waals surface area contributed by atoms with Crippen molar-refractivity contribution in [2.24, 2.45) is 0 Å². The van der Waals surface area contributed by atoms with E-state index < -0.39 is 9.84 Å². The van der Waals surface area contributed by atoms with Crippen LogP contribution in [0.2, 0.25) is 0 Å². The molecule has 114 valence electrons. The molecule has 2 aromatic heterocycles. The van der Waals surface area contributed by atoms with Crippen molar-refractivity contribution in [3.8, 4) is 5.75 Å². The number of phenolic OH excluding ortho intramolecular Hbond substituents is 1. The first kappa shape index (κ1) is 14.7. The largest absolute Gasteiger partial charge is 0.508 e. The van der Waals surface area contributed by atoms with Gasteiger partial charge in [0.1, 0.15) is 10.6 Å². The first-order chi connectivity index (χ1) is 10.4. The molecule has 3 aromatic rings. The van der Waals surface area contributed by atoms with Gasteiger partial charge in [0.05, 0.1) is 10.4 Å². The summed E-state index contributed by atoms with van der Waals surface area (Å²) in [7, 11) is -3.65. The number of nitrogens with zero attached hydrogens (tertiary/aromatic N) is 1. The van der Waals surface area contributed by atoms with Gasteiger partial charge in [-0.05, 0) is 47.9 Å². The van der Waals surface area contributed by atoms with Crippen LogP contribution in [0.4, 0.5) is 0 Å². The number of phenols is 1. The lowest BCUT2D eigenvalue weighted by Crippen LogP contribution is -2.05. The molecule has 0 saturated carbocycles. The monoisotopic (exact) mass is 317 g/mol. The number of hydrogen-bond donors (Lipinski definition) is 1. The summed E-state index contributed by atoms with van der Waals surface area (Å²) in [5, 5.41) is 9.37. The number of hydrogen-bond acceptors (Lipinski definition) is 3. The summed E-state index contributed by atoms with van der Waals surface area (Å²) in [6.45, 7) is 3.95. The molecule has 0 amide bonds. The van der Waals surface area contributed by atoms with Gasteiger partial charge in [-0.2, -0.15) is 0 Å². The molecule has 3 rings (SSSR count). The van der Waals surface area contributed by atoms with E-state index in [0.29, 0.717) is 10.4 Å². The van der Waals surface area contributed by atoms with E-state index in [-0.39, 0.29) is 16.6 Å². The summed E-state index contributed by atoms with van der Waals surface area (Å²) < 4.78 is 27.9. The zero-order chi connectivity index (χ0) is 15.9. The van der Waals surface area contributed by atoms with E-state index in [1.807, 2.05) is 42.8 Å². The van der Waals surface area contributed by atoms with Crippen LogP contribution < -0.4 is 0 Å². The minimum absolute atomic E-state index is 0.0461. The molecule has 0 atom stereocenters. The lowest BCUT2D eigenvalue weighted by Gasteiger charge is -2.09. The van der Waals surface area contributed by atoms with Crippen molar-refractivity contribution < 1.29 is 13.5 Å². The molecule has 5 heteroatoms. The Balaban J connectivity index is 2.32. The van der Waals surface area contributed by atoms with E-state index in [0.717, 1.165) is 5.56 Å². The number of aromatic hydroxyl groups is 1. The maximum atomic E-state index is 13.1. The standard InChI is InChI=1S/C17H17NO3S/c1-12(2)15-11-18-10-4-3-5-16(18)17(15)22(20,21)14-8-6-13(19)7-9-14/h3-12,19H,1-2H3/i15+2. The van der Waals surface area contributed by atoms with Crippen molar-refractivity contribution in [2.75, 3.05) is 0 Å². The zero-order valence-electron chi connectivity index (χ0n) is 12.4. The van der Waals surface area contributed by atoms with Gasteiger partial charge in [-0.15, -0.1) is 0 Å². The van der Waals surface area contributed by atoms with Gasteiger partial charge in [-0.1, -0.05) is 19.9 Å². The SMILES string of the molecule is CC(C)[14c]1cn2ccccc2c1S(=O)(=O)c1ccc(O)cc1. The van der Waals surface area contributed by atoms with Gasteiger partial charge in [-0.3, -0.25) is 0 Å². The van der Waals surface area contributed by atoms with Crippen LogP contribution in [-0.2, 0) is 9.84 Å². The second-order valence-corrected chi connectivity index (χ2v) is 7.45. The average Bonchev–Trinajstić information content (AvgIpc) is 2.88. The van der Waals surface area contributed by atoms with Crippen LogP contribution in [0.3, 0.4) is 0 Å². The summed E-state index contributed by atoms with van der Waals surface area (Å²) in [5.74, 6) is 0.131. The van der Waals surface area contributed by atoms with Crippen LogP contribution in [0, 0.1) is 0 Å². The van der Waals surface area contributed by atoms with Crippen LogP contribution in [0.15, 0.2) is 64.6 Å². The smallest absolute Gasteiger partial charge is 0.209 e. The molecule has 1 aromatic carbocycles. The van der Waals surface area contributed by atoms with Crippen molar-refractivity contribution in [1.82, 2.24) is 4.40 Å². The fourth-order valence-corrected chi connectivity index (χ4v) is 4.34. The third-order valence-electron chi connectivity index (χ3n) is 3.70. The van der Waals surface area contributed by atoms with Crippen molar-refractivity contribution >= 4 is 15.4 Å². The normalized spacial score (nSPS) is 12.1. The van der Waals surface area contributed by atoms with Crippen molar-refractivity contribution in [1.29, 1.82) is 0 Å². The van der Waals surface area contributed by atoms with Gasteiger partial charge < -0.3 is 9.51 Å². The molecule has 0 bridgehead atoms. The lowest BCUT2D eigenvalue weighted by molar-refractivity contribution is 0.475. The lowest BCUT2D eigenvalue weighted by atomic mass is 10.3. The number of fused-ring (bicyclic) bond motifs is 1. The van der Waals surface area contributed by atoms with Crippen LogP contribution in [-0.4, -0.2) is 17.9 Å². The first-order valence-electron chi connectivity index (χ1n) is 7.05. The summed E-state index contributed by atoms with van der Waals surface area (Å²) in [5.41, 5.74) is 1.46. The fraction of sp³-hybridized carbons (Fsp3) is 0.176. The highest BCUT2D eigenvalue weighted by molar-refractivity contribution is 7.91. The molecule has 0 saturated heterocycles. The molecule has 0 radical (unpaired) electrons. The van der Waals surface area contributed by atoms with E-state index in [1.165, 1.54) is 24.3 Å². The van der Waals surface area contributed by atoms with E-state index >= 15 is 0 Å². The maximum Gasteiger partial charge on any atom is 0.209 e. The zero-order valence-corrected chi connectivity index (χ0v) is 13.2. The number of sulfone groups is 1. The van der Waals surface area contributed by atoms with Gasteiger partial charge >= 0.3 is 0 Å². The van der Waals surface area contributed by atoms with Gasteiger partial charge in [0.25, 0.3) is 0 Å². The number of aromatic nitrogens is 1. The molecule has 0 aliphatic heterocycles. The summed E-state index contributed by atoms with van der Waals surface area (Å²) in [6, 6.07) is 11.1. The van der Waals surface area contributed by atoms with Gasteiger partial charge in [0.2, 0.25) is 9.84 Å². The Labute approximate surface area is 129 Å². The Hall–Kier alpha value is -2.27. The minimum atomic E-state index is -3.65. The summed E-state index contributed by atoms with van der Waals surface area (Å²) in [4.78, 5) is 0.526. The van der Waals surface area contributed by atoms with Crippen LogP contribution in [0.25, 0.3) is 5.52 Å².